The van der Waals surface area contributed by atoms with Crippen LogP contribution >= 0.6 is 27.3 Å². The van der Waals surface area contributed by atoms with Crippen LogP contribution in [0.3, 0.4) is 0 Å². The summed E-state index contributed by atoms with van der Waals surface area (Å²) in [7, 11) is 0. The summed E-state index contributed by atoms with van der Waals surface area (Å²) in [4.78, 5) is 1.17. The quantitative estimate of drug-likeness (QED) is 0.670. The molecule has 0 aliphatic rings. The lowest BCUT2D eigenvalue weighted by Gasteiger charge is -2.17. The van der Waals surface area contributed by atoms with Gasteiger partial charge in [0.25, 0.3) is 0 Å². The molecule has 17 heavy (non-hydrogen) atoms. The maximum Gasteiger partial charge on any atom is 0.129 e. The van der Waals surface area contributed by atoms with Crippen molar-refractivity contribution < 1.29 is 4.39 Å². The molecule has 1 aromatic carbocycles. The number of nitrogens with one attached hydrogen (secondary N) is 1. The molecule has 0 radical (unpaired) electrons. The van der Waals surface area contributed by atoms with E-state index >= 15 is 0 Å². The highest BCUT2D eigenvalue weighted by atomic mass is 79.9. The van der Waals surface area contributed by atoms with Gasteiger partial charge in [0.2, 0.25) is 0 Å². The van der Waals surface area contributed by atoms with E-state index in [1.165, 1.54) is 10.9 Å². The number of thiophene rings is 1. The van der Waals surface area contributed by atoms with Crippen LogP contribution in [0.4, 0.5) is 4.39 Å². The molecule has 90 valence electrons. The maximum atomic E-state index is 13.8. The number of hydrogen-bond acceptors (Lipinski definition) is 3. The average Bonchev–Trinajstić information content (AvgIpc) is 2.80. The van der Waals surface area contributed by atoms with Gasteiger partial charge in [-0.15, -0.1) is 11.3 Å². The highest BCUT2D eigenvalue weighted by Gasteiger charge is 2.18. The first-order chi connectivity index (χ1) is 8.22. The Morgan fingerprint density at radius 1 is 1.35 bits per heavy atom. The van der Waals surface area contributed by atoms with Crippen molar-refractivity contribution in [3.8, 4) is 0 Å². The minimum atomic E-state index is -0.251. The molecule has 0 aliphatic carbocycles. The molecule has 0 saturated carbocycles. The van der Waals surface area contributed by atoms with E-state index in [-0.39, 0.29) is 11.9 Å². The normalized spacial score (nSPS) is 12.6. The number of hydrogen-bond donors (Lipinski definition) is 2. The van der Waals surface area contributed by atoms with E-state index in [1.54, 1.807) is 17.4 Å². The molecule has 2 nitrogen and oxygen atoms in total. The molecule has 0 bridgehead atoms. The Morgan fingerprint density at radius 2 is 2.18 bits per heavy atom. The number of nitrogens with two attached hydrogens (primary N) is 1. The van der Waals surface area contributed by atoms with Crippen LogP contribution in [0.1, 0.15) is 16.5 Å². The highest BCUT2D eigenvalue weighted by molar-refractivity contribution is 9.10. The van der Waals surface area contributed by atoms with E-state index in [0.717, 1.165) is 4.47 Å². The summed E-state index contributed by atoms with van der Waals surface area (Å²) in [5.74, 6) is 5.28. The van der Waals surface area contributed by atoms with E-state index in [0.29, 0.717) is 12.0 Å². The molecule has 0 aliphatic heterocycles. The Morgan fingerprint density at radius 3 is 2.76 bits per heavy atom. The lowest BCUT2D eigenvalue weighted by Crippen LogP contribution is -2.30. The third-order valence-electron chi connectivity index (χ3n) is 2.53. The second-order valence-electron chi connectivity index (χ2n) is 3.64. The molecule has 5 heteroatoms. The Kier molecular flexibility index (Phi) is 4.28. The molecule has 0 spiro atoms. The first kappa shape index (κ1) is 12.7. The monoisotopic (exact) mass is 314 g/mol. The van der Waals surface area contributed by atoms with Crippen molar-refractivity contribution in [1.29, 1.82) is 0 Å². The van der Waals surface area contributed by atoms with Gasteiger partial charge in [0.15, 0.2) is 0 Å². The zero-order valence-corrected chi connectivity index (χ0v) is 11.4. The fraction of sp³-hybridized carbons (Fsp3) is 0.167. The number of rotatable bonds is 4. The zero-order chi connectivity index (χ0) is 12.3. The van der Waals surface area contributed by atoms with Crippen LogP contribution in [0.25, 0.3) is 0 Å². The van der Waals surface area contributed by atoms with Gasteiger partial charge >= 0.3 is 0 Å². The van der Waals surface area contributed by atoms with Crippen LogP contribution in [-0.4, -0.2) is 0 Å². The van der Waals surface area contributed by atoms with Gasteiger partial charge in [-0.3, -0.25) is 11.3 Å². The lowest BCUT2D eigenvalue weighted by molar-refractivity contribution is 0.510. The van der Waals surface area contributed by atoms with E-state index in [9.17, 15) is 4.39 Å². The van der Waals surface area contributed by atoms with E-state index in [4.69, 9.17) is 5.84 Å². The molecule has 0 saturated heterocycles. The van der Waals surface area contributed by atoms with Gasteiger partial charge in [-0.05, 0) is 23.6 Å². The van der Waals surface area contributed by atoms with Gasteiger partial charge in [0.1, 0.15) is 5.82 Å². The minimum absolute atomic E-state index is 0.232. The van der Waals surface area contributed by atoms with Crippen LogP contribution in [0.2, 0.25) is 0 Å². The summed E-state index contributed by atoms with van der Waals surface area (Å²) in [5, 5.41) is 2.00. The van der Waals surface area contributed by atoms with Crippen LogP contribution in [-0.2, 0) is 6.42 Å². The molecular weight excluding hydrogens is 303 g/mol. The molecule has 1 heterocycles. The predicted molar refractivity (Wildman–Crippen MR) is 72.2 cm³/mol. The minimum Gasteiger partial charge on any atom is -0.271 e. The number of benzene rings is 1. The van der Waals surface area contributed by atoms with Crippen molar-refractivity contribution >= 4 is 27.3 Å². The van der Waals surface area contributed by atoms with Crippen molar-refractivity contribution in [3.63, 3.8) is 0 Å². The molecule has 0 fully saturated rings. The van der Waals surface area contributed by atoms with Gasteiger partial charge in [-0.2, -0.15) is 0 Å². The molecular formula is C12H12BrFN2S. The van der Waals surface area contributed by atoms with Crippen LogP contribution < -0.4 is 11.3 Å². The summed E-state index contributed by atoms with van der Waals surface area (Å²) in [6, 6.07) is 8.69. The zero-order valence-electron chi connectivity index (χ0n) is 8.99. The fourth-order valence-electron chi connectivity index (χ4n) is 1.72. The Bertz CT molecular complexity index is 467. The second kappa shape index (κ2) is 5.73. The topological polar surface area (TPSA) is 38.0 Å². The summed E-state index contributed by atoms with van der Waals surface area (Å²) >= 11 is 5.00. The van der Waals surface area contributed by atoms with Crippen LogP contribution in [0.15, 0.2) is 40.2 Å². The Hall–Kier alpha value is -0.750. The smallest absolute Gasteiger partial charge is 0.129 e. The van der Waals surface area contributed by atoms with Crippen molar-refractivity contribution in [3.05, 3.63) is 56.4 Å². The van der Waals surface area contributed by atoms with Crippen molar-refractivity contribution in [1.82, 2.24) is 5.43 Å². The summed E-state index contributed by atoms with van der Waals surface area (Å²) < 4.78 is 14.5. The van der Waals surface area contributed by atoms with Crippen molar-refractivity contribution in [2.75, 3.05) is 0 Å². The first-order valence-electron chi connectivity index (χ1n) is 5.14. The van der Waals surface area contributed by atoms with Crippen LogP contribution in [0, 0.1) is 5.82 Å². The number of hydrazine groups is 1. The number of halogens is 2. The Labute approximate surface area is 112 Å². The molecule has 2 rings (SSSR count). The first-order valence-corrected chi connectivity index (χ1v) is 6.82. The molecule has 1 unspecified atom stereocenters. The molecule has 3 N–H and O–H groups in total. The molecule has 1 atom stereocenters. The largest absolute Gasteiger partial charge is 0.271 e. The maximum absolute atomic E-state index is 13.8. The highest BCUT2D eigenvalue weighted by Crippen LogP contribution is 2.29. The van der Waals surface area contributed by atoms with E-state index < -0.39 is 0 Å². The SMILES string of the molecule is NNC(Cc1cccs1)c1c(F)cccc1Br. The standard InChI is InChI=1S/C12H12BrFN2S/c13-9-4-1-5-10(14)12(9)11(16-15)7-8-3-2-6-17-8/h1-6,11,16H,7,15H2. The van der Waals surface area contributed by atoms with E-state index in [2.05, 4.69) is 21.4 Å². The van der Waals surface area contributed by atoms with Crippen LogP contribution in [0.5, 0.6) is 0 Å². The van der Waals surface area contributed by atoms with Gasteiger partial charge in [0, 0.05) is 21.3 Å². The Balaban J connectivity index is 2.29. The predicted octanol–water partition coefficient (Wildman–Crippen LogP) is 3.40. The third kappa shape index (κ3) is 2.93. The summed E-state index contributed by atoms with van der Waals surface area (Å²) in [5.41, 5.74) is 3.25. The average molecular weight is 315 g/mol. The van der Waals surface area contributed by atoms with Gasteiger partial charge in [0.05, 0.1) is 6.04 Å². The molecule has 0 amide bonds. The molecule has 2 aromatic rings. The fourth-order valence-corrected chi connectivity index (χ4v) is 3.09. The third-order valence-corrected chi connectivity index (χ3v) is 4.12. The second-order valence-corrected chi connectivity index (χ2v) is 5.52. The summed E-state index contributed by atoms with van der Waals surface area (Å²) in [6.45, 7) is 0. The lowest BCUT2D eigenvalue weighted by atomic mass is 10.0. The molecule has 1 aromatic heterocycles. The van der Waals surface area contributed by atoms with Gasteiger partial charge in [-0.25, -0.2) is 4.39 Å². The van der Waals surface area contributed by atoms with E-state index in [1.807, 2.05) is 23.6 Å². The van der Waals surface area contributed by atoms with Crippen molar-refractivity contribution in [2.45, 2.75) is 12.5 Å². The van der Waals surface area contributed by atoms with Crippen molar-refractivity contribution in [2.24, 2.45) is 5.84 Å². The summed E-state index contributed by atoms with van der Waals surface area (Å²) in [6.07, 6.45) is 0.674. The van der Waals surface area contributed by atoms with Gasteiger partial charge in [-0.1, -0.05) is 28.1 Å². The van der Waals surface area contributed by atoms with Gasteiger partial charge < -0.3 is 0 Å².